The quantitative estimate of drug-likeness (QED) is 0.148. The summed E-state index contributed by atoms with van der Waals surface area (Å²) in [7, 11) is 0. The van der Waals surface area contributed by atoms with Crippen LogP contribution >= 0.6 is 0 Å². The summed E-state index contributed by atoms with van der Waals surface area (Å²) in [5.41, 5.74) is 1.83. The van der Waals surface area contributed by atoms with E-state index in [0.29, 0.717) is 61.1 Å². The van der Waals surface area contributed by atoms with Gasteiger partial charge in [0.05, 0.1) is 13.2 Å². The Morgan fingerprint density at radius 3 is 1.38 bits per heavy atom. The lowest BCUT2D eigenvalue weighted by Gasteiger charge is -2.60. The Hall–Kier alpha value is -3.02. The van der Waals surface area contributed by atoms with Gasteiger partial charge in [0.2, 0.25) is 11.6 Å². The van der Waals surface area contributed by atoms with Crippen molar-refractivity contribution in [2.45, 2.75) is 167 Å². The number of unbranched alkanes of at least 4 members (excludes halogenated alkanes) is 1. The summed E-state index contributed by atoms with van der Waals surface area (Å²) in [6.07, 6.45) is 7.26. The van der Waals surface area contributed by atoms with E-state index in [2.05, 4.69) is 38.3 Å². The molecule has 2 N–H and O–H groups in total. The first-order valence-corrected chi connectivity index (χ1v) is 24.2. The predicted molar refractivity (Wildman–Crippen MR) is 230 cm³/mol. The number of hydrogen-bond acceptors (Lipinski definition) is 12. The number of hydrogen-bond donors (Lipinski definition) is 2. The highest BCUT2D eigenvalue weighted by atomic mass is 17.3. The summed E-state index contributed by atoms with van der Waals surface area (Å²) < 4.78 is 38.9. The molecule has 2 amide bonds. The SMILES string of the molecule is C[C@@H]1CCC2[C@@H](C)[C@@H](OCc3ccc(C(=O)NCCCCNC(=O)c4ccc(CO[C@H]5OC6O[C@@]7(C)CCC8[C@H](C)CCC([C@H]5C)[C@@]68OO7)cc4)cc3)OC3O[C@@]4(C)CCC1[C@]32OO4. The normalized spacial score (nSPS) is 43.0. The third-order valence-electron chi connectivity index (χ3n) is 16.6. The molecular formula is C50H68N2O12. The van der Waals surface area contributed by atoms with Crippen LogP contribution in [0.2, 0.25) is 0 Å². The van der Waals surface area contributed by atoms with Crippen molar-refractivity contribution in [3.8, 4) is 0 Å². The van der Waals surface area contributed by atoms with Crippen LogP contribution < -0.4 is 10.6 Å². The summed E-state index contributed by atoms with van der Waals surface area (Å²) in [6, 6.07) is 15.0. The largest absolute Gasteiger partial charge is 0.352 e. The fourth-order valence-corrected chi connectivity index (χ4v) is 12.8. The van der Waals surface area contributed by atoms with Crippen molar-refractivity contribution in [1.29, 1.82) is 0 Å². The molecule has 2 saturated carbocycles. The summed E-state index contributed by atoms with van der Waals surface area (Å²) in [5.74, 6) is 0.256. The number of rotatable bonds is 13. The molecule has 0 radical (unpaired) electrons. The highest BCUT2D eigenvalue weighted by Gasteiger charge is 2.71. The van der Waals surface area contributed by atoms with E-state index in [9.17, 15) is 9.59 Å². The third-order valence-corrected chi connectivity index (χ3v) is 16.6. The Kier molecular flexibility index (Phi) is 12.3. The Balaban J connectivity index is 0.633. The van der Waals surface area contributed by atoms with E-state index in [1.807, 2.05) is 62.4 Å². The maximum atomic E-state index is 12.9. The Bertz CT molecular complexity index is 1860. The van der Waals surface area contributed by atoms with Crippen LogP contribution in [0.25, 0.3) is 0 Å². The van der Waals surface area contributed by atoms with Gasteiger partial charge in [0, 0.05) is 60.7 Å². The Labute approximate surface area is 377 Å². The minimum absolute atomic E-state index is 0.0888. The molecular weight excluding hydrogens is 821 g/mol. The highest BCUT2D eigenvalue weighted by molar-refractivity contribution is 5.94. The van der Waals surface area contributed by atoms with E-state index in [1.54, 1.807) is 0 Å². The van der Waals surface area contributed by atoms with Crippen molar-refractivity contribution < 1.29 is 57.6 Å². The van der Waals surface area contributed by atoms with Gasteiger partial charge in [-0.2, -0.15) is 0 Å². The molecule has 14 heteroatoms. The summed E-state index contributed by atoms with van der Waals surface area (Å²) in [4.78, 5) is 50.3. The van der Waals surface area contributed by atoms with Crippen molar-refractivity contribution >= 4 is 11.8 Å². The van der Waals surface area contributed by atoms with Crippen LogP contribution in [0.4, 0.5) is 0 Å². The Morgan fingerprint density at radius 1 is 0.562 bits per heavy atom. The van der Waals surface area contributed by atoms with Crippen LogP contribution in [0.15, 0.2) is 48.5 Å². The van der Waals surface area contributed by atoms with Gasteiger partial charge in [0.1, 0.15) is 0 Å². The van der Waals surface area contributed by atoms with Crippen molar-refractivity contribution in [2.75, 3.05) is 13.1 Å². The Morgan fingerprint density at radius 2 is 0.969 bits per heavy atom. The molecule has 8 aliphatic heterocycles. The molecule has 6 unspecified atom stereocenters. The minimum atomic E-state index is -0.826. The summed E-state index contributed by atoms with van der Waals surface area (Å²) in [5, 5.41) is 6.00. The molecule has 14 nitrogen and oxygen atoms in total. The average molecular weight is 889 g/mol. The smallest absolute Gasteiger partial charge is 0.251 e. The molecule has 2 spiro atoms. The van der Waals surface area contributed by atoms with Gasteiger partial charge < -0.3 is 39.1 Å². The molecule has 12 rings (SSSR count). The van der Waals surface area contributed by atoms with Gasteiger partial charge >= 0.3 is 0 Å². The van der Waals surface area contributed by atoms with E-state index in [-0.39, 0.29) is 35.5 Å². The molecule has 350 valence electrons. The monoisotopic (exact) mass is 888 g/mol. The van der Waals surface area contributed by atoms with E-state index in [0.717, 1.165) is 75.3 Å². The highest BCUT2D eigenvalue weighted by Crippen LogP contribution is 2.62. The first-order chi connectivity index (χ1) is 30.8. The molecule has 64 heavy (non-hydrogen) atoms. The zero-order valence-electron chi connectivity index (χ0n) is 38.3. The number of benzene rings is 2. The lowest BCUT2D eigenvalue weighted by Crippen LogP contribution is -2.70. The lowest BCUT2D eigenvalue weighted by atomic mass is 9.58. The van der Waals surface area contributed by atoms with Gasteiger partial charge in [-0.15, -0.1) is 0 Å². The predicted octanol–water partition coefficient (Wildman–Crippen LogP) is 8.08. The van der Waals surface area contributed by atoms with Gasteiger partial charge in [0.25, 0.3) is 11.8 Å². The number of carbonyl (C=O) groups is 2. The number of carbonyl (C=O) groups excluding carboxylic acids is 2. The van der Waals surface area contributed by atoms with Gasteiger partial charge in [0.15, 0.2) is 36.4 Å². The van der Waals surface area contributed by atoms with E-state index >= 15 is 0 Å². The number of nitrogens with one attached hydrogen (secondary N) is 2. The van der Waals surface area contributed by atoms with Crippen LogP contribution in [0.3, 0.4) is 0 Å². The van der Waals surface area contributed by atoms with Crippen LogP contribution in [0.5, 0.6) is 0 Å². The van der Waals surface area contributed by atoms with Gasteiger partial charge in [-0.3, -0.25) is 9.59 Å². The molecule has 0 aromatic heterocycles. The zero-order chi connectivity index (χ0) is 44.4. The van der Waals surface area contributed by atoms with Crippen LogP contribution in [-0.4, -0.2) is 72.8 Å². The van der Waals surface area contributed by atoms with Crippen molar-refractivity contribution in [3.63, 3.8) is 0 Å². The maximum absolute atomic E-state index is 12.9. The molecule has 8 heterocycles. The van der Waals surface area contributed by atoms with E-state index in [1.165, 1.54) is 0 Å². The van der Waals surface area contributed by atoms with Crippen LogP contribution in [0.1, 0.15) is 138 Å². The lowest BCUT2D eigenvalue weighted by molar-refractivity contribution is -0.577. The van der Waals surface area contributed by atoms with Gasteiger partial charge in [-0.1, -0.05) is 52.0 Å². The van der Waals surface area contributed by atoms with E-state index < -0.39 is 47.9 Å². The average Bonchev–Trinajstić information content (AvgIpc) is 3.67. The van der Waals surface area contributed by atoms with Crippen LogP contribution in [0, 0.1) is 47.3 Å². The second kappa shape index (κ2) is 17.6. The molecule has 8 saturated heterocycles. The molecule has 2 aromatic rings. The molecule has 2 aromatic carbocycles. The molecule has 4 bridgehead atoms. The van der Waals surface area contributed by atoms with Crippen molar-refractivity contribution in [1.82, 2.24) is 10.6 Å². The van der Waals surface area contributed by atoms with Crippen molar-refractivity contribution in [3.05, 3.63) is 70.8 Å². The third kappa shape index (κ3) is 7.94. The number of ether oxygens (including phenoxy) is 6. The second-order valence-electron chi connectivity index (χ2n) is 20.8. The molecule has 10 aliphatic rings. The zero-order valence-corrected chi connectivity index (χ0v) is 38.3. The van der Waals surface area contributed by atoms with Crippen molar-refractivity contribution in [2.24, 2.45) is 47.3 Å². The molecule has 2 aliphatic carbocycles. The van der Waals surface area contributed by atoms with Gasteiger partial charge in [-0.05, 0) is 124 Å². The fraction of sp³-hybridized carbons (Fsp3) is 0.720. The minimum Gasteiger partial charge on any atom is -0.352 e. The number of amides is 2. The topological polar surface area (TPSA) is 150 Å². The first kappa shape index (κ1) is 44.8. The van der Waals surface area contributed by atoms with Crippen LogP contribution in [-0.2, 0) is 61.2 Å². The summed E-state index contributed by atoms with van der Waals surface area (Å²) in [6.45, 7) is 14.5. The molecule has 16 atom stereocenters. The first-order valence-electron chi connectivity index (χ1n) is 24.2. The summed E-state index contributed by atoms with van der Waals surface area (Å²) >= 11 is 0. The van der Waals surface area contributed by atoms with E-state index in [4.69, 9.17) is 48.0 Å². The standard InChI is InChI=1S/C50H68N2O12/c1-29-9-19-39-31(3)43(57-45-49(39)37(29)21-23-47(5,59-45)61-63-49)55-27-33-11-15-35(16-12-33)41(53)51-25-7-8-26-52-42(54)36-17-13-34(14-18-36)28-56-44-32(4)40-20-10-30(2)38-22-24-48(6)60-46(58-44)50(38,40)64-62-48/h11-18,29-32,37-40,43-46H,7-10,19-28H2,1-6H3,(H,51,53)(H,52,54)/t29-,30-,31-,32-,37?,38?,39?,40?,43+,44+,45?,46?,47-,48-,49-,50-/m1/s1. The molecule has 10 fully saturated rings. The van der Waals surface area contributed by atoms with Gasteiger partial charge in [-0.25, -0.2) is 19.6 Å². The number of fused-ring (bicyclic) bond motifs is 4. The fourth-order valence-electron chi connectivity index (χ4n) is 12.8. The second-order valence-corrected chi connectivity index (χ2v) is 20.8. The maximum Gasteiger partial charge on any atom is 0.251 e.